The van der Waals surface area contributed by atoms with Gasteiger partial charge in [0.15, 0.2) is 0 Å². The highest BCUT2D eigenvalue weighted by atomic mass is 16.6. The zero-order chi connectivity index (χ0) is 16.8. The standard InChI is InChI=1S/C18H30N2O4/c1-16(2)11-20(12-18(24-16)7-9-22-13-18)15(21)19-14-4-8-23-17(10-14)5-3-6-17/h14H,3-13H2,1-2H3,(H,19,21). The van der Waals surface area contributed by atoms with Crippen molar-refractivity contribution >= 4 is 6.03 Å². The summed E-state index contributed by atoms with van der Waals surface area (Å²) in [5.74, 6) is 0. The molecular formula is C18H30N2O4. The second-order valence-electron chi connectivity index (χ2n) is 8.73. The third kappa shape index (κ3) is 3.16. The molecule has 2 spiro atoms. The fraction of sp³-hybridized carbons (Fsp3) is 0.944. The van der Waals surface area contributed by atoms with Crippen LogP contribution in [0.25, 0.3) is 0 Å². The largest absolute Gasteiger partial charge is 0.378 e. The molecule has 1 saturated carbocycles. The SMILES string of the molecule is CC1(C)CN(C(=O)NC2CCOC3(CCC3)C2)CC2(CCOC2)O1. The molecule has 3 heterocycles. The molecule has 4 fully saturated rings. The highest BCUT2D eigenvalue weighted by molar-refractivity contribution is 5.75. The molecular weight excluding hydrogens is 308 g/mol. The Morgan fingerprint density at radius 2 is 1.96 bits per heavy atom. The van der Waals surface area contributed by atoms with Gasteiger partial charge in [-0.3, -0.25) is 0 Å². The first-order valence-corrected chi connectivity index (χ1v) is 9.37. The molecule has 3 saturated heterocycles. The van der Waals surface area contributed by atoms with Crippen molar-refractivity contribution in [2.45, 2.75) is 75.2 Å². The number of nitrogens with one attached hydrogen (secondary N) is 1. The Labute approximate surface area is 144 Å². The summed E-state index contributed by atoms with van der Waals surface area (Å²) in [5.41, 5.74) is -0.612. The van der Waals surface area contributed by atoms with Crippen LogP contribution in [0.3, 0.4) is 0 Å². The molecule has 0 aromatic carbocycles. The van der Waals surface area contributed by atoms with E-state index in [1.54, 1.807) is 0 Å². The van der Waals surface area contributed by atoms with Gasteiger partial charge in [0, 0.05) is 25.7 Å². The molecule has 1 aliphatic carbocycles. The lowest BCUT2D eigenvalue weighted by molar-refractivity contribution is -0.186. The van der Waals surface area contributed by atoms with E-state index in [9.17, 15) is 4.79 Å². The summed E-state index contributed by atoms with van der Waals surface area (Å²) in [6.45, 7) is 7.42. The van der Waals surface area contributed by atoms with Gasteiger partial charge in [0.25, 0.3) is 0 Å². The minimum Gasteiger partial charge on any atom is -0.378 e. The maximum absolute atomic E-state index is 12.9. The van der Waals surface area contributed by atoms with Crippen LogP contribution in [0.1, 0.15) is 52.4 Å². The summed E-state index contributed by atoms with van der Waals surface area (Å²) < 4.78 is 17.8. The molecule has 2 unspecified atom stereocenters. The van der Waals surface area contributed by atoms with E-state index in [-0.39, 0.29) is 28.9 Å². The molecule has 4 aliphatic rings. The van der Waals surface area contributed by atoms with Crippen molar-refractivity contribution in [3.8, 4) is 0 Å². The van der Waals surface area contributed by atoms with Crippen molar-refractivity contribution in [3.05, 3.63) is 0 Å². The van der Waals surface area contributed by atoms with E-state index in [2.05, 4.69) is 19.2 Å². The number of amides is 2. The van der Waals surface area contributed by atoms with Gasteiger partial charge in [0.1, 0.15) is 5.60 Å². The van der Waals surface area contributed by atoms with Crippen LogP contribution in [0, 0.1) is 0 Å². The molecule has 1 N–H and O–H groups in total. The van der Waals surface area contributed by atoms with Crippen LogP contribution < -0.4 is 5.32 Å². The second-order valence-corrected chi connectivity index (χ2v) is 8.73. The van der Waals surface area contributed by atoms with E-state index in [1.165, 1.54) is 6.42 Å². The van der Waals surface area contributed by atoms with Crippen LogP contribution in [0.5, 0.6) is 0 Å². The topological polar surface area (TPSA) is 60.0 Å². The Morgan fingerprint density at radius 1 is 1.12 bits per heavy atom. The lowest BCUT2D eigenvalue weighted by Gasteiger charge is -2.49. The Hall–Kier alpha value is -0.850. The van der Waals surface area contributed by atoms with Crippen LogP contribution in [0.4, 0.5) is 4.79 Å². The normalized spacial score (nSPS) is 37.4. The van der Waals surface area contributed by atoms with Gasteiger partial charge in [0.05, 0.1) is 30.9 Å². The van der Waals surface area contributed by atoms with Gasteiger partial charge in [-0.25, -0.2) is 4.79 Å². The molecule has 136 valence electrons. The first-order valence-electron chi connectivity index (χ1n) is 9.37. The average molecular weight is 338 g/mol. The van der Waals surface area contributed by atoms with Crippen LogP contribution in [0.15, 0.2) is 0 Å². The number of urea groups is 1. The van der Waals surface area contributed by atoms with Crippen molar-refractivity contribution in [2.75, 3.05) is 32.9 Å². The minimum absolute atomic E-state index is 0.0408. The quantitative estimate of drug-likeness (QED) is 0.795. The lowest BCUT2D eigenvalue weighted by Crippen LogP contribution is -2.64. The van der Waals surface area contributed by atoms with E-state index in [0.717, 1.165) is 38.7 Å². The van der Waals surface area contributed by atoms with E-state index in [4.69, 9.17) is 14.2 Å². The number of carbonyl (C=O) groups excluding carboxylic acids is 1. The summed E-state index contributed by atoms with van der Waals surface area (Å²) in [4.78, 5) is 14.8. The number of rotatable bonds is 1. The first kappa shape index (κ1) is 16.6. The van der Waals surface area contributed by atoms with E-state index in [0.29, 0.717) is 26.3 Å². The van der Waals surface area contributed by atoms with E-state index >= 15 is 0 Å². The zero-order valence-corrected chi connectivity index (χ0v) is 14.9. The third-order valence-electron chi connectivity index (χ3n) is 5.98. The molecule has 0 bridgehead atoms. The fourth-order valence-electron chi connectivity index (χ4n) is 4.79. The smallest absolute Gasteiger partial charge is 0.317 e. The van der Waals surface area contributed by atoms with Gasteiger partial charge in [-0.15, -0.1) is 0 Å². The third-order valence-corrected chi connectivity index (χ3v) is 5.98. The molecule has 2 atom stereocenters. The van der Waals surface area contributed by atoms with Crippen molar-refractivity contribution in [3.63, 3.8) is 0 Å². The summed E-state index contributed by atoms with van der Waals surface area (Å²) in [6, 6.07) is 0.271. The van der Waals surface area contributed by atoms with Crippen molar-refractivity contribution in [2.24, 2.45) is 0 Å². The molecule has 6 heteroatoms. The van der Waals surface area contributed by atoms with Crippen molar-refractivity contribution < 1.29 is 19.0 Å². The second kappa shape index (κ2) is 5.85. The van der Waals surface area contributed by atoms with Crippen molar-refractivity contribution in [1.82, 2.24) is 10.2 Å². The van der Waals surface area contributed by atoms with Crippen molar-refractivity contribution in [1.29, 1.82) is 0 Å². The summed E-state index contributed by atoms with van der Waals surface area (Å²) in [7, 11) is 0. The molecule has 4 rings (SSSR count). The summed E-state index contributed by atoms with van der Waals surface area (Å²) >= 11 is 0. The van der Waals surface area contributed by atoms with Crippen LogP contribution >= 0.6 is 0 Å². The predicted molar refractivity (Wildman–Crippen MR) is 89.0 cm³/mol. The molecule has 0 aromatic rings. The molecule has 2 amide bonds. The first-order chi connectivity index (χ1) is 11.4. The average Bonchev–Trinajstić information content (AvgIpc) is 2.91. The zero-order valence-electron chi connectivity index (χ0n) is 14.9. The van der Waals surface area contributed by atoms with Crippen LogP contribution in [-0.4, -0.2) is 66.7 Å². The Kier molecular flexibility index (Phi) is 4.05. The highest BCUT2D eigenvalue weighted by Gasteiger charge is 2.49. The van der Waals surface area contributed by atoms with Crippen LogP contribution in [-0.2, 0) is 14.2 Å². The highest BCUT2D eigenvalue weighted by Crippen LogP contribution is 2.42. The molecule has 0 aromatic heterocycles. The number of hydrogen-bond donors (Lipinski definition) is 1. The lowest BCUT2D eigenvalue weighted by atomic mass is 9.74. The van der Waals surface area contributed by atoms with E-state index < -0.39 is 0 Å². The summed E-state index contributed by atoms with van der Waals surface area (Å²) in [5, 5.41) is 3.27. The Bertz CT molecular complexity index is 497. The van der Waals surface area contributed by atoms with Crippen LogP contribution in [0.2, 0.25) is 0 Å². The molecule has 3 aliphatic heterocycles. The maximum Gasteiger partial charge on any atom is 0.317 e. The van der Waals surface area contributed by atoms with E-state index in [1.807, 2.05) is 4.90 Å². The molecule has 0 radical (unpaired) electrons. The fourth-order valence-corrected chi connectivity index (χ4v) is 4.79. The maximum atomic E-state index is 12.9. The number of nitrogens with zero attached hydrogens (tertiary/aromatic N) is 1. The number of hydrogen-bond acceptors (Lipinski definition) is 4. The van der Waals surface area contributed by atoms with Gasteiger partial charge in [-0.2, -0.15) is 0 Å². The predicted octanol–water partition coefficient (Wildman–Crippen LogP) is 2.07. The molecule has 6 nitrogen and oxygen atoms in total. The number of carbonyl (C=O) groups is 1. The van der Waals surface area contributed by atoms with Gasteiger partial charge in [0.2, 0.25) is 0 Å². The molecule has 24 heavy (non-hydrogen) atoms. The van der Waals surface area contributed by atoms with Gasteiger partial charge in [-0.1, -0.05) is 0 Å². The number of morpholine rings is 1. The summed E-state index contributed by atoms with van der Waals surface area (Å²) in [6.07, 6.45) is 6.27. The van der Waals surface area contributed by atoms with Gasteiger partial charge >= 0.3 is 6.03 Å². The minimum atomic E-state index is -0.339. The van der Waals surface area contributed by atoms with Gasteiger partial charge in [-0.05, 0) is 46.0 Å². The number of ether oxygens (including phenoxy) is 3. The van der Waals surface area contributed by atoms with Gasteiger partial charge < -0.3 is 24.4 Å². The Morgan fingerprint density at radius 3 is 2.62 bits per heavy atom. The Balaban J connectivity index is 1.40. The monoisotopic (exact) mass is 338 g/mol.